The maximum Gasteiger partial charge on any atom is 0.416 e. The molecule has 0 spiro atoms. The Hall–Kier alpha value is -3.74. The fourth-order valence-electron chi connectivity index (χ4n) is 3.92. The van der Waals surface area contributed by atoms with E-state index in [1.54, 1.807) is 16.5 Å². The number of rotatable bonds is 4. The van der Waals surface area contributed by atoms with Crippen molar-refractivity contribution in [3.05, 3.63) is 70.9 Å². The molecule has 5 rings (SSSR count). The molecule has 1 aliphatic heterocycles. The van der Waals surface area contributed by atoms with Crippen molar-refractivity contribution < 1.29 is 22.7 Å². The Kier molecular flexibility index (Phi) is 6.24. The van der Waals surface area contributed by atoms with Crippen LogP contribution in [-0.4, -0.2) is 45.0 Å². The van der Waals surface area contributed by atoms with Crippen molar-refractivity contribution >= 4 is 34.7 Å². The Bertz CT molecular complexity index is 1430. The summed E-state index contributed by atoms with van der Waals surface area (Å²) in [4.78, 5) is 25.3. The number of hydrogen-bond donors (Lipinski definition) is 3. The molecule has 1 aliphatic rings. The van der Waals surface area contributed by atoms with Crippen LogP contribution in [0.4, 0.5) is 24.8 Å². The van der Waals surface area contributed by atoms with Gasteiger partial charge in [-0.3, -0.25) is 9.20 Å². The molecule has 0 radical (unpaired) electrons. The van der Waals surface area contributed by atoms with Crippen molar-refractivity contribution in [2.75, 3.05) is 30.7 Å². The number of nitrogens with two attached hydrogens (primary N) is 1. The monoisotopic (exact) mass is 517 g/mol. The number of halogens is 4. The molecule has 13 heteroatoms. The van der Waals surface area contributed by atoms with Gasteiger partial charge in [-0.25, -0.2) is 15.0 Å². The summed E-state index contributed by atoms with van der Waals surface area (Å²) in [7, 11) is 0. The molecule has 1 unspecified atom stereocenters. The van der Waals surface area contributed by atoms with Gasteiger partial charge in [-0.05, 0) is 24.3 Å². The molecule has 1 saturated heterocycles. The van der Waals surface area contributed by atoms with Gasteiger partial charge in [0.05, 0.1) is 18.4 Å². The lowest BCUT2D eigenvalue weighted by Gasteiger charge is -2.22. The molecule has 4 aromatic rings. The number of hydrogen-bond acceptors (Lipinski definition) is 7. The largest absolute Gasteiger partial charge is 0.416 e. The molecule has 1 amide bonds. The highest BCUT2D eigenvalue weighted by Crippen LogP contribution is 2.34. The molecule has 3 aromatic heterocycles. The van der Waals surface area contributed by atoms with Crippen LogP contribution in [-0.2, 0) is 10.9 Å². The summed E-state index contributed by atoms with van der Waals surface area (Å²) >= 11 is 6.44. The maximum absolute atomic E-state index is 12.9. The number of nitrogens with one attached hydrogen (secondary N) is 2. The van der Waals surface area contributed by atoms with E-state index in [0.717, 1.165) is 24.9 Å². The maximum atomic E-state index is 12.9. The highest BCUT2D eigenvalue weighted by molar-refractivity contribution is 6.30. The molecular formula is C23H19ClF3N7O2. The minimum Gasteiger partial charge on any atom is -0.382 e. The van der Waals surface area contributed by atoms with Crippen LogP contribution >= 0.6 is 11.6 Å². The molecule has 0 aliphatic carbocycles. The van der Waals surface area contributed by atoms with E-state index in [4.69, 9.17) is 27.1 Å². The summed E-state index contributed by atoms with van der Waals surface area (Å²) in [6, 6.07) is 7.95. The molecule has 4 N–H and O–H groups in total. The summed E-state index contributed by atoms with van der Waals surface area (Å²) in [6.45, 7) is 1.78. The van der Waals surface area contributed by atoms with Crippen LogP contribution in [0.1, 0.15) is 27.8 Å². The van der Waals surface area contributed by atoms with Gasteiger partial charge in [0.15, 0.2) is 0 Å². The standard InChI is InChI=1S/C23H19ClF3N7O2/c24-16-11-31-20(28)19-18(33-21(34(16)19)15-10-29-7-8-36-15)12-1-3-13(4-2-12)22(35)32-17-9-14(5-6-30-17)23(25,26)27/h1-6,9,11,15,29H,7-8,10H2,(H2,28,31)(H,30,32,35). The second-order valence-electron chi connectivity index (χ2n) is 7.99. The fraction of sp³-hybridized carbons (Fsp3) is 0.217. The molecule has 0 bridgehead atoms. The Balaban J connectivity index is 1.46. The van der Waals surface area contributed by atoms with E-state index in [0.29, 0.717) is 40.9 Å². The van der Waals surface area contributed by atoms with Crippen molar-refractivity contribution in [1.82, 2.24) is 24.7 Å². The summed E-state index contributed by atoms with van der Waals surface area (Å²) in [5, 5.41) is 5.95. The zero-order valence-electron chi connectivity index (χ0n) is 18.5. The molecule has 36 heavy (non-hydrogen) atoms. The molecule has 0 saturated carbocycles. The van der Waals surface area contributed by atoms with Gasteiger partial charge in [0.1, 0.15) is 39.9 Å². The number of alkyl halides is 3. The van der Waals surface area contributed by atoms with Gasteiger partial charge in [-0.2, -0.15) is 13.2 Å². The minimum atomic E-state index is -4.55. The number of carbonyl (C=O) groups is 1. The van der Waals surface area contributed by atoms with Gasteiger partial charge in [-0.15, -0.1) is 0 Å². The number of pyridine rings is 1. The third-order valence-electron chi connectivity index (χ3n) is 5.63. The van der Waals surface area contributed by atoms with Crippen molar-refractivity contribution in [1.29, 1.82) is 0 Å². The van der Waals surface area contributed by atoms with Crippen molar-refractivity contribution in [3.63, 3.8) is 0 Å². The average molecular weight is 518 g/mol. The summed E-state index contributed by atoms with van der Waals surface area (Å²) in [6.07, 6.45) is -2.49. The molecule has 9 nitrogen and oxygen atoms in total. The number of nitrogens with zero attached hydrogens (tertiary/aromatic N) is 4. The second kappa shape index (κ2) is 9.37. The first-order valence-electron chi connectivity index (χ1n) is 10.8. The highest BCUT2D eigenvalue weighted by Gasteiger charge is 2.31. The number of ether oxygens (including phenoxy) is 1. The topological polar surface area (TPSA) is 119 Å². The molecule has 1 atom stereocenters. The fourth-order valence-corrected chi connectivity index (χ4v) is 4.14. The van der Waals surface area contributed by atoms with Crippen molar-refractivity contribution in [3.8, 4) is 11.3 Å². The number of anilines is 2. The van der Waals surface area contributed by atoms with E-state index in [2.05, 4.69) is 20.6 Å². The predicted octanol–water partition coefficient (Wildman–Crippen LogP) is 3.96. The Labute approximate surface area is 207 Å². The first kappa shape index (κ1) is 24.0. The van der Waals surface area contributed by atoms with Crippen LogP contribution in [0.5, 0.6) is 0 Å². The van der Waals surface area contributed by atoms with E-state index in [1.807, 2.05) is 0 Å². The van der Waals surface area contributed by atoms with Gasteiger partial charge in [-0.1, -0.05) is 23.7 Å². The number of amides is 1. The van der Waals surface area contributed by atoms with Gasteiger partial charge in [0.25, 0.3) is 5.91 Å². The third-order valence-corrected chi connectivity index (χ3v) is 5.90. The predicted molar refractivity (Wildman–Crippen MR) is 127 cm³/mol. The summed E-state index contributed by atoms with van der Waals surface area (Å²) < 4.78 is 46.4. The number of nitrogen functional groups attached to an aromatic ring is 1. The van der Waals surface area contributed by atoms with Gasteiger partial charge >= 0.3 is 6.18 Å². The Morgan fingerprint density at radius 2 is 2.00 bits per heavy atom. The van der Waals surface area contributed by atoms with E-state index in [9.17, 15) is 18.0 Å². The second-order valence-corrected chi connectivity index (χ2v) is 8.38. The van der Waals surface area contributed by atoms with Crippen LogP contribution in [0, 0.1) is 0 Å². The van der Waals surface area contributed by atoms with Crippen LogP contribution in [0.2, 0.25) is 5.15 Å². The van der Waals surface area contributed by atoms with Gasteiger partial charge in [0.2, 0.25) is 0 Å². The quantitative estimate of drug-likeness (QED) is 0.375. The molecular weight excluding hydrogens is 499 g/mol. The third kappa shape index (κ3) is 4.57. The van der Waals surface area contributed by atoms with E-state index in [-0.39, 0.29) is 23.3 Å². The number of carbonyl (C=O) groups excluding carboxylic acids is 1. The Morgan fingerprint density at radius 3 is 2.69 bits per heavy atom. The highest BCUT2D eigenvalue weighted by atomic mass is 35.5. The van der Waals surface area contributed by atoms with E-state index < -0.39 is 17.6 Å². The zero-order valence-corrected chi connectivity index (χ0v) is 19.3. The molecule has 186 valence electrons. The van der Waals surface area contributed by atoms with Crippen LogP contribution in [0.15, 0.2) is 48.8 Å². The average Bonchev–Trinajstić information content (AvgIpc) is 3.29. The van der Waals surface area contributed by atoms with Crippen LogP contribution < -0.4 is 16.4 Å². The Morgan fingerprint density at radius 1 is 1.22 bits per heavy atom. The SMILES string of the molecule is Nc1ncc(Cl)n2c(C3CNCCO3)nc(-c3ccc(C(=O)Nc4cc(C(F)(F)F)ccn4)cc3)c12. The van der Waals surface area contributed by atoms with E-state index >= 15 is 0 Å². The normalized spacial score (nSPS) is 16.3. The lowest BCUT2D eigenvalue weighted by molar-refractivity contribution is -0.137. The van der Waals surface area contributed by atoms with Crippen molar-refractivity contribution in [2.45, 2.75) is 12.3 Å². The number of benzene rings is 1. The first-order chi connectivity index (χ1) is 17.2. The van der Waals surface area contributed by atoms with E-state index in [1.165, 1.54) is 18.3 Å². The van der Waals surface area contributed by atoms with Crippen molar-refractivity contribution in [2.24, 2.45) is 0 Å². The van der Waals surface area contributed by atoms with Crippen LogP contribution in [0.25, 0.3) is 16.8 Å². The molecule has 1 aromatic carbocycles. The van der Waals surface area contributed by atoms with Gasteiger partial charge in [0, 0.05) is 30.4 Å². The minimum absolute atomic E-state index is 0.210. The van der Waals surface area contributed by atoms with Gasteiger partial charge < -0.3 is 21.1 Å². The number of aromatic nitrogens is 4. The molecule has 1 fully saturated rings. The molecule has 4 heterocycles. The lowest BCUT2D eigenvalue weighted by atomic mass is 10.1. The number of imidazole rings is 1. The van der Waals surface area contributed by atoms with Crippen LogP contribution in [0.3, 0.4) is 0 Å². The number of morpholine rings is 1. The first-order valence-corrected chi connectivity index (χ1v) is 11.2. The lowest BCUT2D eigenvalue weighted by Crippen LogP contribution is -2.34. The number of fused-ring (bicyclic) bond motifs is 1. The summed E-state index contributed by atoms with van der Waals surface area (Å²) in [5.74, 6) is -0.0500. The zero-order chi connectivity index (χ0) is 25.4. The smallest absolute Gasteiger partial charge is 0.382 e. The summed E-state index contributed by atoms with van der Waals surface area (Å²) in [5.41, 5.74) is 7.11.